The maximum absolute atomic E-state index is 13.0. The minimum absolute atomic E-state index is 0.204. The van der Waals surface area contributed by atoms with Crippen molar-refractivity contribution in [2.24, 2.45) is 0 Å². The third-order valence-electron chi connectivity index (χ3n) is 5.70. The molecule has 1 aliphatic carbocycles. The summed E-state index contributed by atoms with van der Waals surface area (Å²) >= 11 is 0. The Morgan fingerprint density at radius 2 is 2.06 bits per heavy atom. The van der Waals surface area contributed by atoms with Crippen LogP contribution in [0.25, 0.3) is 11.5 Å². The second-order valence-corrected chi connectivity index (χ2v) is 7.48. The molecule has 4 aromatic rings. The summed E-state index contributed by atoms with van der Waals surface area (Å²) in [5.74, 6) is 2.17. The van der Waals surface area contributed by atoms with Crippen LogP contribution >= 0.6 is 0 Å². The lowest BCUT2D eigenvalue weighted by Gasteiger charge is -2.33. The van der Waals surface area contributed by atoms with Crippen molar-refractivity contribution in [2.75, 3.05) is 24.8 Å². The number of rotatable bonds is 6. The van der Waals surface area contributed by atoms with Gasteiger partial charge in [0.2, 0.25) is 0 Å². The van der Waals surface area contributed by atoms with E-state index in [1.807, 2.05) is 31.3 Å². The second kappa shape index (κ2) is 7.84. The van der Waals surface area contributed by atoms with Crippen molar-refractivity contribution in [1.82, 2.24) is 24.1 Å². The highest BCUT2D eigenvalue weighted by Gasteiger charge is 2.34. The number of hydrogen-bond acceptors (Lipinski definition) is 7. The molecule has 9 heteroatoms. The van der Waals surface area contributed by atoms with Gasteiger partial charge in [-0.05, 0) is 37.1 Å². The Labute approximate surface area is 178 Å². The lowest BCUT2D eigenvalue weighted by atomic mass is 9.79. The van der Waals surface area contributed by atoms with Gasteiger partial charge in [-0.1, -0.05) is 6.07 Å². The molecule has 0 bridgehead atoms. The van der Waals surface area contributed by atoms with Gasteiger partial charge in [0.05, 0.1) is 11.8 Å². The molecule has 31 heavy (non-hydrogen) atoms. The number of pyridine rings is 2. The molecule has 0 saturated heterocycles. The standard InChI is InChI=1S/C22H23N7O2/c1-23-20-13-18(26-21-12-16(27-29(20)21)14-8-9-17(14)31-2)25-15-6-5-11-28(22(15)30)19-7-3-4-10-24-19/h3-7,10-14,17,23H,8-9H2,1-2H3,(H,25,26)/t14-,17-/m1/s1. The number of nitrogens with one attached hydrogen (secondary N) is 2. The number of hydrogen-bond donors (Lipinski definition) is 2. The van der Waals surface area contributed by atoms with Crippen LogP contribution in [0.2, 0.25) is 0 Å². The van der Waals surface area contributed by atoms with Crippen molar-refractivity contribution in [3.8, 4) is 5.82 Å². The minimum atomic E-state index is -0.208. The molecule has 1 fully saturated rings. The first-order valence-electron chi connectivity index (χ1n) is 10.2. The fraction of sp³-hybridized carbons (Fsp3) is 0.273. The van der Waals surface area contributed by atoms with E-state index < -0.39 is 0 Å². The zero-order valence-electron chi connectivity index (χ0n) is 17.3. The number of nitrogens with zero attached hydrogens (tertiary/aromatic N) is 5. The molecule has 1 saturated carbocycles. The molecule has 158 valence electrons. The van der Waals surface area contributed by atoms with Crippen molar-refractivity contribution in [3.63, 3.8) is 0 Å². The van der Waals surface area contributed by atoms with Gasteiger partial charge in [0.25, 0.3) is 5.56 Å². The molecular formula is C22H23N7O2. The van der Waals surface area contributed by atoms with Gasteiger partial charge >= 0.3 is 0 Å². The Morgan fingerprint density at radius 3 is 2.77 bits per heavy atom. The highest BCUT2D eigenvalue weighted by molar-refractivity contribution is 5.63. The van der Waals surface area contributed by atoms with Crippen LogP contribution in [0.3, 0.4) is 0 Å². The lowest BCUT2D eigenvalue weighted by molar-refractivity contribution is 0.0168. The molecule has 0 spiro atoms. The molecule has 4 aromatic heterocycles. The molecule has 2 N–H and O–H groups in total. The first-order valence-corrected chi connectivity index (χ1v) is 10.2. The average Bonchev–Trinajstić information content (AvgIpc) is 3.18. The molecule has 5 rings (SSSR count). The van der Waals surface area contributed by atoms with E-state index >= 15 is 0 Å². The number of anilines is 3. The summed E-state index contributed by atoms with van der Waals surface area (Å²) in [7, 11) is 3.57. The summed E-state index contributed by atoms with van der Waals surface area (Å²) in [4.78, 5) is 21.9. The van der Waals surface area contributed by atoms with Gasteiger partial charge in [-0.3, -0.25) is 9.36 Å². The summed E-state index contributed by atoms with van der Waals surface area (Å²) in [6, 6.07) is 12.8. The molecule has 0 amide bonds. The summed E-state index contributed by atoms with van der Waals surface area (Å²) in [5.41, 5.74) is 1.87. The van der Waals surface area contributed by atoms with Gasteiger partial charge in [0, 0.05) is 44.6 Å². The van der Waals surface area contributed by atoms with Gasteiger partial charge in [0.1, 0.15) is 23.1 Å². The Morgan fingerprint density at radius 1 is 1.16 bits per heavy atom. The van der Waals surface area contributed by atoms with Crippen LogP contribution in [0.5, 0.6) is 0 Å². The number of aromatic nitrogens is 5. The van der Waals surface area contributed by atoms with Gasteiger partial charge in [0.15, 0.2) is 5.65 Å². The van der Waals surface area contributed by atoms with E-state index in [2.05, 4.69) is 20.6 Å². The molecule has 9 nitrogen and oxygen atoms in total. The van der Waals surface area contributed by atoms with Crippen molar-refractivity contribution in [2.45, 2.75) is 24.9 Å². The fourth-order valence-corrected chi connectivity index (χ4v) is 3.91. The first-order chi connectivity index (χ1) is 15.2. The van der Waals surface area contributed by atoms with Crippen LogP contribution in [0, 0.1) is 0 Å². The molecule has 1 aliphatic rings. The molecule has 0 aromatic carbocycles. The largest absolute Gasteiger partial charge is 0.381 e. The van der Waals surface area contributed by atoms with E-state index in [1.54, 1.807) is 42.2 Å². The number of fused-ring (bicyclic) bond motifs is 1. The Hall–Kier alpha value is -3.72. The topological polar surface area (TPSA) is 98.4 Å². The monoisotopic (exact) mass is 417 g/mol. The second-order valence-electron chi connectivity index (χ2n) is 7.48. The molecule has 4 heterocycles. The predicted octanol–water partition coefficient (Wildman–Crippen LogP) is 2.95. The maximum atomic E-state index is 13.0. The van der Waals surface area contributed by atoms with Crippen molar-refractivity contribution >= 4 is 23.0 Å². The van der Waals surface area contributed by atoms with Gasteiger partial charge in [-0.15, -0.1) is 0 Å². The Kier molecular flexibility index (Phi) is 4.87. The molecular weight excluding hydrogens is 394 g/mol. The average molecular weight is 417 g/mol. The summed E-state index contributed by atoms with van der Waals surface area (Å²) in [5, 5.41) is 11.0. The summed E-state index contributed by atoms with van der Waals surface area (Å²) in [6.07, 6.45) is 5.66. The van der Waals surface area contributed by atoms with Crippen LogP contribution in [-0.2, 0) is 4.74 Å². The number of ether oxygens (including phenoxy) is 1. The van der Waals surface area contributed by atoms with Crippen molar-refractivity contribution < 1.29 is 4.74 Å². The molecule has 0 radical (unpaired) electrons. The van der Waals surface area contributed by atoms with E-state index in [0.717, 1.165) is 24.4 Å². The SMILES string of the molecule is CNc1cc(Nc2cccn(-c3ccccn3)c2=O)nc2cc([C@H]3CC[C@H]3OC)nn12. The molecule has 0 unspecified atom stereocenters. The predicted molar refractivity (Wildman–Crippen MR) is 118 cm³/mol. The van der Waals surface area contributed by atoms with E-state index in [0.29, 0.717) is 23.0 Å². The molecule has 2 atom stereocenters. The quantitative estimate of drug-likeness (QED) is 0.498. The fourth-order valence-electron chi connectivity index (χ4n) is 3.91. The maximum Gasteiger partial charge on any atom is 0.279 e. The summed E-state index contributed by atoms with van der Waals surface area (Å²) in [6.45, 7) is 0. The van der Waals surface area contributed by atoms with Crippen LogP contribution < -0.4 is 16.2 Å². The smallest absolute Gasteiger partial charge is 0.279 e. The van der Waals surface area contributed by atoms with Crippen LogP contribution in [0.15, 0.2) is 59.7 Å². The van der Waals surface area contributed by atoms with E-state index in [-0.39, 0.29) is 17.6 Å². The van der Waals surface area contributed by atoms with E-state index in [1.165, 1.54) is 4.57 Å². The third kappa shape index (κ3) is 3.42. The Bertz CT molecular complexity index is 1280. The minimum Gasteiger partial charge on any atom is -0.381 e. The third-order valence-corrected chi connectivity index (χ3v) is 5.70. The van der Waals surface area contributed by atoms with Gasteiger partial charge in [-0.25, -0.2) is 9.97 Å². The van der Waals surface area contributed by atoms with Crippen LogP contribution in [0.4, 0.5) is 17.3 Å². The highest BCUT2D eigenvalue weighted by Crippen LogP contribution is 2.38. The van der Waals surface area contributed by atoms with Crippen LogP contribution in [0.1, 0.15) is 24.5 Å². The normalized spacial score (nSPS) is 18.0. The zero-order chi connectivity index (χ0) is 21.4. The molecule has 0 aliphatic heterocycles. The van der Waals surface area contributed by atoms with E-state index in [9.17, 15) is 4.79 Å². The summed E-state index contributed by atoms with van der Waals surface area (Å²) < 4.78 is 8.81. The highest BCUT2D eigenvalue weighted by atomic mass is 16.5. The number of methoxy groups -OCH3 is 1. The first kappa shape index (κ1) is 19.3. The van der Waals surface area contributed by atoms with Gasteiger partial charge < -0.3 is 15.4 Å². The Balaban J connectivity index is 1.51. The van der Waals surface area contributed by atoms with Gasteiger partial charge in [-0.2, -0.15) is 9.61 Å². The van der Waals surface area contributed by atoms with Crippen molar-refractivity contribution in [3.05, 3.63) is 70.9 Å². The lowest BCUT2D eigenvalue weighted by Crippen LogP contribution is -2.31. The van der Waals surface area contributed by atoms with E-state index in [4.69, 9.17) is 9.84 Å². The zero-order valence-corrected chi connectivity index (χ0v) is 17.3. The van der Waals surface area contributed by atoms with Crippen molar-refractivity contribution in [1.29, 1.82) is 0 Å². The van der Waals surface area contributed by atoms with Crippen LogP contribution in [-0.4, -0.2) is 44.4 Å².